The molecule has 328 valence electrons. The van der Waals surface area contributed by atoms with Gasteiger partial charge in [-0.1, -0.05) is 45.4 Å². The highest BCUT2D eigenvalue weighted by atomic mass is 16.5. The van der Waals surface area contributed by atoms with Crippen molar-refractivity contribution in [2.24, 2.45) is 11.8 Å². The first-order chi connectivity index (χ1) is 29.8. The van der Waals surface area contributed by atoms with Gasteiger partial charge in [-0.05, 0) is 91.3 Å². The lowest BCUT2D eigenvalue weighted by molar-refractivity contribution is -0.138. The Balaban J connectivity index is 1.05. The van der Waals surface area contributed by atoms with Crippen molar-refractivity contribution in [3.05, 3.63) is 65.9 Å². The number of fused-ring (bicyclic) bond motifs is 6. The SMILES string of the molecule is CC[C@H]1CC(c2nc3ccc4cc5c(cc4c3[nH]2)OCc2cc(-c3cnc([C@@H]4CC[C@H](C)N4C(=O)[C@@H](NC(=O)OC)C(C)C)[nH]3)ccc2-5)N(C(=O)[C@@H](NC(=O)OC)[C@@H](C)OC)C1. The number of likely N-dealkylation sites (tertiary alicyclic amines) is 2. The standard InChI is InChI=1S/C46H56N8O8/c1-9-26-16-36(53(21-26)43(55)39(25(5)59-6)52-46(58)61-8)42-48-33-14-12-27-18-32-30-13-11-28(17-29(30)22-62-37(32)19-31(27)40(33)50-42)34-20-47-41(49-34)35-15-10-24(4)54(35)44(56)38(23(2)3)51-45(57)60-7/h11-14,17-20,23-26,35-36,38-39H,9-10,15-16,21-22H2,1-8H3,(H,47,49)(H,48,50)(H,51,57)(H,52,58)/t24-,25+,26-,35-,36?,38-,39-/m0/s1. The normalized spacial score (nSPS) is 21.0. The lowest BCUT2D eigenvalue weighted by Crippen LogP contribution is -2.54. The number of benzene rings is 3. The Kier molecular flexibility index (Phi) is 11.9. The Bertz CT molecular complexity index is 2510. The van der Waals surface area contributed by atoms with Gasteiger partial charge < -0.3 is 49.3 Å². The Morgan fingerprint density at radius 1 is 0.887 bits per heavy atom. The first-order valence-corrected chi connectivity index (χ1v) is 21.5. The number of rotatable bonds is 11. The maximum atomic E-state index is 14.1. The number of ether oxygens (including phenoxy) is 4. The summed E-state index contributed by atoms with van der Waals surface area (Å²) < 4.78 is 21.6. The summed E-state index contributed by atoms with van der Waals surface area (Å²) in [6.45, 7) is 10.6. The highest BCUT2D eigenvalue weighted by molar-refractivity contribution is 6.07. The van der Waals surface area contributed by atoms with E-state index in [2.05, 4.69) is 63.9 Å². The number of nitrogens with one attached hydrogen (secondary N) is 4. The van der Waals surface area contributed by atoms with Crippen LogP contribution < -0.4 is 15.4 Å². The summed E-state index contributed by atoms with van der Waals surface area (Å²) in [6.07, 6.45) is 3.09. The van der Waals surface area contributed by atoms with Crippen LogP contribution in [0.3, 0.4) is 0 Å². The van der Waals surface area contributed by atoms with Crippen LogP contribution in [0.15, 0.2) is 48.7 Å². The van der Waals surface area contributed by atoms with Gasteiger partial charge in [0.1, 0.15) is 36.1 Å². The van der Waals surface area contributed by atoms with Gasteiger partial charge in [-0.15, -0.1) is 0 Å². The zero-order valence-electron chi connectivity index (χ0n) is 36.5. The van der Waals surface area contributed by atoms with Crippen LogP contribution in [0.4, 0.5) is 9.59 Å². The van der Waals surface area contributed by atoms with Gasteiger partial charge in [0.2, 0.25) is 11.8 Å². The van der Waals surface area contributed by atoms with Gasteiger partial charge in [0.05, 0.1) is 55.3 Å². The third kappa shape index (κ3) is 7.80. The molecular weight excluding hydrogens is 793 g/mol. The fourth-order valence-electron chi connectivity index (χ4n) is 9.38. The molecule has 1 unspecified atom stereocenters. The zero-order valence-corrected chi connectivity index (χ0v) is 36.5. The molecule has 16 nitrogen and oxygen atoms in total. The molecule has 0 spiro atoms. The number of alkyl carbamates (subject to hydrolysis) is 2. The van der Waals surface area contributed by atoms with Crippen molar-refractivity contribution in [2.45, 2.75) is 103 Å². The molecule has 0 saturated carbocycles. The fourth-order valence-corrected chi connectivity index (χ4v) is 9.38. The van der Waals surface area contributed by atoms with Crippen molar-refractivity contribution in [2.75, 3.05) is 27.9 Å². The van der Waals surface area contributed by atoms with E-state index < -0.39 is 30.4 Å². The maximum absolute atomic E-state index is 14.1. The maximum Gasteiger partial charge on any atom is 0.407 e. The number of imidazole rings is 2. The molecule has 7 atom stereocenters. The second-order valence-electron chi connectivity index (χ2n) is 17.1. The first kappa shape index (κ1) is 42.5. The van der Waals surface area contributed by atoms with E-state index in [1.165, 1.54) is 21.3 Å². The molecule has 4 amide bonds. The average molecular weight is 849 g/mol. The smallest absolute Gasteiger partial charge is 0.407 e. The van der Waals surface area contributed by atoms with Crippen molar-refractivity contribution >= 4 is 45.8 Å². The molecule has 2 fully saturated rings. The molecule has 2 aromatic heterocycles. The van der Waals surface area contributed by atoms with Gasteiger partial charge in [-0.2, -0.15) is 0 Å². The molecule has 3 aliphatic heterocycles. The molecule has 0 radical (unpaired) electrons. The summed E-state index contributed by atoms with van der Waals surface area (Å²) in [5.41, 5.74) is 6.53. The van der Waals surface area contributed by atoms with Gasteiger partial charge in [-0.3, -0.25) is 9.59 Å². The minimum absolute atomic E-state index is 0.0198. The summed E-state index contributed by atoms with van der Waals surface area (Å²) in [4.78, 5) is 72.9. The molecule has 2 saturated heterocycles. The molecule has 4 N–H and O–H groups in total. The van der Waals surface area contributed by atoms with E-state index in [0.29, 0.717) is 24.8 Å². The first-order valence-electron chi connectivity index (χ1n) is 21.5. The van der Waals surface area contributed by atoms with Gasteiger partial charge in [-0.25, -0.2) is 19.6 Å². The summed E-state index contributed by atoms with van der Waals surface area (Å²) >= 11 is 0. The number of carbonyl (C=O) groups is 4. The molecular formula is C46H56N8O8. The summed E-state index contributed by atoms with van der Waals surface area (Å²) in [6, 6.07) is 12.3. The van der Waals surface area contributed by atoms with E-state index in [0.717, 1.165) is 81.2 Å². The largest absolute Gasteiger partial charge is 0.488 e. The Morgan fingerprint density at radius 2 is 1.65 bits per heavy atom. The third-order valence-electron chi connectivity index (χ3n) is 13.0. The monoisotopic (exact) mass is 848 g/mol. The number of hydrogen-bond acceptors (Lipinski definition) is 10. The third-order valence-corrected chi connectivity index (χ3v) is 13.0. The zero-order chi connectivity index (χ0) is 44.0. The van der Waals surface area contributed by atoms with Crippen LogP contribution in [0.5, 0.6) is 5.75 Å². The second kappa shape index (κ2) is 17.3. The second-order valence-corrected chi connectivity index (χ2v) is 17.1. The van der Waals surface area contributed by atoms with Crippen molar-refractivity contribution in [3.8, 4) is 28.1 Å². The van der Waals surface area contributed by atoms with Crippen LogP contribution in [0.25, 0.3) is 44.2 Å². The molecule has 5 heterocycles. The lowest BCUT2D eigenvalue weighted by Gasteiger charge is -2.32. The minimum atomic E-state index is -0.929. The lowest BCUT2D eigenvalue weighted by atomic mass is 9.92. The van der Waals surface area contributed by atoms with Crippen LogP contribution in [-0.2, 0) is 30.4 Å². The summed E-state index contributed by atoms with van der Waals surface area (Å²) in [7, 11) is 4.07. The van der Waals surface area contributed by atoms with Crippen molar-refractivity contribution in [1.29, 1.82) is 0 Å². The molecule has 8 rings (SSSR count). The van der Waals surface area contributed by atoms with Crippen molar-refractivity contribution in [3.63, 3.8) is 0 Å². The highest BCUT2D eigenvalue weighted by Crippen LogP contribution is 2.44. The van der Waals surface area contributed by atoms with E-state index in [4.69, 9.17) is 28.9 Å². The van der Waals surface area contributed by atoms with E-state index in [9.17, 15) is 19.2 Å². The van der Waals surface area contributed by atoms with E-state index >= 15 is 0 Å². The topological polar surface area (TPSA) is 193 Å². The number of aromatic amines is 2. The summed E-state index contributed by atoms with van der Waals surface area (Å²) in [5.74, 6) is 1.89. The number of carbonyl (C=O) groups excluding carboxylic acids is 4. The molecule has 3 aliphatic rings. The van der Waals surface area contributed by atoms with Gasteiger partial charge in [0, 0.05) is 30.6 Å². The number of amides is 4. The molecule has 3 aromatic carbocycles. The minimum Gasteiger partial charge on any atom is -0.488 e. The van der Waals surface area contributed by atoms with Crippen molar-refractivity contribution < 1.29 is 38.1 Å². The number of methoxy groups -OCH3 is 3. The van der Waals surface area contributed by atoms with E-state index in [-0.39, 0.29) is 41.8 Å². The summed E-state index contributed by atoms with van der Waals surface area (Å²) in [5, 5.41) is 7.37. The molecule has 0 aliphatic carbocycles. The highest BCUT2D eigenvalue weighted by Gasteiger charge is 2.43. The number of hydrogen-bond donors (Lipinski definition) is 4. The van der Waals surface area contributed by atoms with Crippen LogP contribution in [-0.4, -0.2) is 106 Å². The fraction of sp³-hybridized carbons (Fsp3) is 0.478. The van der Waals surface area contributed by atoms with Crippen LogP contribution in [0.2, 0.25) is 0 Å². The van der Waals surface area contributed by atoms with Crippen LogP contribution >= 0.6 is 0 Å². The van der Waals surface area contributed by atoms with Gasteiger partial charge in [0.15, 0.2) is 0 Å². The molecule has 16 heteroatoms. The number of nitrogens with zero attached hydrogens (tertiary/aromatic N) is 4. The number of H-pyrrole nitrogens is 2. The Labute approximate surface area is 360 Å². The molecule has 62 heavy (non-hydrogen) atoms. The quantitative estimate of drug-likeness (QED) is 0.106. The Morgan fingerprint density at radius 3 is 2.35 bits per heavy atom. The average Bonchev–Trinajstić information content (AvgIpc) is 4.11. The van der Waals surface area contributed by atoms with Crippen LogP contribution in [0.1, 0.15) is 89.6 Å². The molecule has 5 aromatic rings. The van der Waals surface area contributed by atoms with Crippen molar-refractivity contribution in [1.82, 2.24) is 40.4 Å². The van der Waals surface area contributed by atoms with Gasteiger partial charge in [0.25, 0.3) is 0 Å². The van der Waals surface area contributed by atoms with E-state index in [1.54, 1.807) is 6.92 Å². The predicted octanol–water partition coefficient (Wildman–Crippen LogP) is 7.16. The predicted molar refractivity (Wildman–Crippen MR) is 232 cm³/mol. The van der Waals surface area contributed by atoms with Gasteiger partial charge >= 0.3 is 12.2 Å². The Hall–Kier alpha value is -6.16. The van der Waals surface area contributed by atoms with Crippen LogP contribution in [0, 0.1) is 11.8 Å². The van der Waals surface area contributed by atoms with E-state index in [1.807, 2.05) is 42.8 Å². The molecule has 0 bridgehead atoms. The number of aromatic nitrogens is 4.